The summed E-state index contributed by atoms with van der Waals surface area (Å²) in [5.41, 5.74) is -0.933. The first-order valence-corrected chi connectivity index (χ1v) is 9.01. The minimum atomic E-state index is -3.60. The Labute approximate surface area is 123 Å². The van der Waals surface area contributed by atoms with E-state index in [1.165, 1.54) is 11.3 Å². The van der Waals surface area contributed by atoms with Crippen molar-refractivity contribution in [1.29, 1.82) is 0 Å². The Morgan fingerprint density at radius 1 is 1.40 bits per heavy atom. The van der Waals surface area contributed by atoms with E-state index in [4.69, 9.17) is 0 Å². The fourth-order valence-corrected chi connectivity index (χ4v) is 4.98. The molecule has 0 spiro atoms. The van der Waals surface area contributed by atoms with Gasteiger partial charge in [0.15, 0.2) is 0 Å². The van der Waals surface area contributed by atoms with Crippen LogP contribution in [0.3, 0.4) is 0 Å². The Bertz CT molecular complexity index is 585. The molecule has 2 rings (SSSR count). The second-order valence-corrected chi connectivity index (χ2v) is 8.35. The number of carbonyl (C=O) groups is 1. The SMILES string of the molecule is CCc1ccc(S(=O)(=O)NCC2(C(=O)O)CCCC2)s1. The Balaban J connectivity index is 2.10. The molecule has 2 N–H and O–H groups in total. The van der Waals surface area contributed by atoms with Gasteiger partial charge < -0.3 is 5.11 Å². The molecule has 20 heavy (non-hydrogen) atoms. The lowest BCUT2D eigenvalue weighted by Crippen LogP contribution is -2.41. The van der Waals surface area contributed by atoms with Crippen molar-refractivity contribution in [1.82, 2.24) is 4.72 Å². The number of carboxylic acids is 1. The third kappa shape index (κ3) is 3.05. The van der Waals surface area contributed by atoms with Gasteiger partial charge >= 0.3 is 5.97 Å². The maximum Gasteiger partial charge on any atom is 0.310 e. The van der Waals surface area contributed by atoms with Crippen LogP contribution < -0.4 is 4.72 Å². The van der Waals surface area contributed by atoms with E-state index < -0.39 is 21.4 Å². The Kier molecular flexibility index (Phi) is 4.51. The van der Waals surface area contributed by atoms with Crippen LogP contribution in [0, 0.1) is 5.41 Å². The van der Waals surface area contributed by atoms with Gasteiger partial charge in [0.2, 0.25) is 10.0 Å². The minimum absolute atomic E-state index is 0.0238. The van der Waals surface area contributed by atoms with Crippen LogP contribution in [-0.4, -0.2) is 26.0 Å². The van der Waals surface area contributed by atoms with Gasteiger partial charge in [0, 0.05) is 11.4 Å². The highest BCUT2D eigenvalue weighted by Crippen LogP contribution is 2.38. The fourth-order valence-electron chi connectivity index (χ4n) is 2.52. The van der Waals surface area contributed by atoms with Crippen molar-refractivity contribution in [3.05, 3.63) is 17.0 Å². The topological polar surface area (TPSA) is 83.5 Å². The molecule has 0 atom stereocenters. The monoisotopic (exact) mass is 317 g/mol. The van der Waals surface area contributed by atoms with Crippen molar-refractivity contribution < 1.29 is 18.3 Å². The number of aryl methyl sites for hydroxylation is 1. The molecule has 5 nitrogen and oxygen atoms in total. The second kappa shape index (κ2) is 5.83. The molecule has 1 aromatic heterocycles. The molecule has 0 unspecified atom stereocenters. The molecule has 1 fully saturated rings. The van der Waals surface area contributed by atoms with E-state index in [-0.39, 0.29) is 10.8 Å². The van der Waals surface area contributed by atoms with Crippen molar-refractivity contribution in [2.24, 2.45) is 5.41 Å². The zero-order valence-electron chi connectivity index (χ0n) is 11.4. The molecule has 1 aromatic rings. The maximum absolute atomic E-state index is 12.2. The van der Waals surface area contributed by atoms with Crippen molar-refractivity contribution >= 4 is 27.3 Å². The van der Waals surface area contributed by atoms with E-state index in [0.29, 0.717) is 12.8 Å². The lowest BCUT2D eigenvalue weighted by molar-refractivity contribution is -0.148. The highest BCUT2D eigenvalue weighted by molar-refractivity contribution is 7.91. The second-order valence-electron chi connectivity index (χ2n) is 5.19. The van der Waals surface area contributed by atoms with Crippen LogP contribution in [0.1, 0.15) is 37.5 Å². The number of hydrogen-bond acceptors (Lipinski definition) is 4. The summed E-state index contributed by atoms with van der Waals surface area (Å²) in [4.78, 5) is 12.4. The lowest BCUT2D eigenvalue weighted by atomic mass is 9.87. The molecule has 112 valence electrons. The molecular formula is C13H19NO4S2. The number of aliphatic carboxylic acids is 1. The molecule has 1 heterocycles. The van der Waals surface area contributed by atoms with Gasteiger partial charge in [0.05, 0.1) is 5.41 Å². The zero-order chi connectivity index (χ0) is 14.8. The fraction of sp³-hybridized carbons (Fsp3) is 0.615. The first-order valence-electron chi connectivity index (χ1n) is 6.71. The summed E-state index contributed by atoms with van der Waals surface area (Å²) in [6, 6.07) is 3.37. The van der Waals surface area contributed by atoms with Gasteiger partial charge in [-0.05, 0) is 31.4 Å². The molecule has 0 bridgehead atoms. The minimum Gasteiger partial charge on any atom is -0.481 e. The van der Waals surface area contributed by atoms with E-state index in [0.717, 1.165) is 24.1 Å². The molecule has 1 aliphatic carbocycles. The van der Waals surface area contributed by atoms with Gasteiger partial charge in [-0.3, -0.25) is 4.79 Å². The number of rotatable bonds is 6. The summed E-state index contributed by atoms with van der Waals surface area (Å²) in [5.74, 6) is -0.905. The first kappa shape index (κ1) is 15.5. The lowest BCUT2D eigenvalue weighted by Gasteiger charge is -2.23. The predicted molar refractivity (Wildman–Crippen MR) is 77.4 cm³/mol. The van der Waals surface area contributed by atoms with Crippen LogP contribution in [0.25, 0.3) is 0 Å². The smallest absolute Gasteiger partial charge is 0.310 e. The molecule has 0 saturated heterocycles. The normalized spacial score (nSPS) is 18.2. The third-order valence-corrected chi connectivity index (χ3v) is 6.99. The molecule has 1 aliphatic rings. The van der Waals surface area contributed by atoms with Crippen LogP contribution in [0.2, 0.25) is 0 Å². The standard InChI is InChI=1S/C13H19NO4S2/c1-2-10-5-6-11(19-10)20(17,18)14-9-13(12(15)16)7-3-4-8-13/h5-6,14H,2-4,7-9H2,1H3,(H,15,16). The molecule has 0 radical (unpaired) electrons. The molecule has 7 heteroatoms. The first-order chi connectivity index (χ1) is 9.39. The molecular weight excluding hydrogens is 298 g/mol. The van der Waals surface area contributed by atoms with E-state index in [1.54, 1.807) is 12.1 Å². The van der Waals surface area contributed by atoms with Crippen LogP contribution in [0.5, 0.6) is 0 Å². The number of hydrogen-bond donors (Lipinski definition) is 2. The van der Waals surface area contributed by atoms with Crippen molar-refractivity contribution in [3.63, 3.8) is 0 Å². The molecule has 1 saturated carbocycles. The molecule has 0 amide bonds. The van der Waals surface area contributed by atoms with E-state index in [9.17, 15) is 18.3 Å². The predicted octanol–water partition coefficient (Wildman–Crippen LogP) is 2.23. The van der Waals surface area contributed by atoms with Gasteiger partial charge in [-0.1, -0.05) is 19.8 Å². The third-order valence-electron chi connectivity index (χ3n) is 3.87. The van der Waals surface area contributed by atoms with Crippen molar-refractivity contribution in [2.45, 2.75) is 43.2 Å². The highest BCUT2D eigenvalue weighted by Gasteiger charge is 2.42. The Hall–Kier alpha value is -0.920. The van der Waals surface area contributed by atoms with Crippen molar-refractivity contribution in [3.8, 4) is 0 Å². The van der Waals surface area contributed by atoms with E-state index >= 15 is 0 Å². The summed E-state index contributed by atoms with van der Waals surface area (Å²) < 4.78 is 27.1. The van der Waals surface area contributed by atoms with E-state index in [2.05, 4.69) is 4.72 Å². The van der Waals surface area contributed by atoms with Crippen molar-refractivity contribution in [2.75, 3.05) is 6.54 Å². The number of thiophene rings is 1. The molecule has 0 aliphatic heterocycles. The van der Waals surface area contributed by atoms with Gasteiger partial charge in [-0.2, -0.15) is 0 Å². The number of carboxylic acid groups (broad SMARTS) is 1. The van der Waals surface area contributed by atoms with Gasteiger partial charge in [0.1, 0.15) is 4.21 Å². The van der Waals surface area contributed by atoms with Gasteiger partial charge in [-0.15, -0.1) is 11.3 Å². The summed E-state index contributed by atoms with van der Waals surface area (Å²) in [7, 11) is -3.60. The maximum atomic E-state index is 12.2. The quantitative estimate of drug-likeness (QED) is 0.843. The number of sulfonamides is 1. The highest BCUT2D eigenvalue weighted by atomic mass is 32.2. The largest absolute Gasteiger partial charge is 0.481 e. The van der Waals surface area contributed by atoms with Crippen LogP contribution in [-0.2, 0) is 21.2 Å². The van der Waals surface area contributed by atoms with Crippen LogP contribution in [0.4, 0.5) is 0 Å². The zero-order valence-corrected chi connectivity index (χ0v) is 13.0. The van der Waals surface area contributed by atoms with Crippen LogP contribution in [0.15, 0.2) is 16.3 Å². The Morgan fingerprint density at radius 3 is 2.55 bits per heavy atom. The average Bonchev–Trinajstić information content (AvgIpc) is 3.06. The summed E-state index contributed by atoms with van der Waals surface area (Å²) in [6.45, 7) is 1.94. The number of nitrogens with one attached hydrogen (secondary N) is 1. The average molecular weight is 317 g/mol. The van der Waals surface area contributed by atoms with E-state index in [1.807, 2.05) is 6.92 Å². The summed E-state index contributed by atoms with van der Waals surface area (Å²) in [5, 5.41) is 9.34. The Morgan fingerprint density at radius 2 is 2.05 bits per heavy atom. The van der Waals surface area contributed by atoms with Crippen LogP contribution >= 0.6 is 11.3 Å². The van der Waals surface area contributed by atoms with Gasteiger partial charge in [-0.25, -0.2) is 13.1 Å². The molecule has 0 aromatic carbocycles. The van der Waals surface area contributed by atoms with Gasteiger partial charge in [0.25, 0.3) is 0 Å². The summed E-state index contributed by atoms with van der Waals surface area (Å²) in [6.07, 6.45) is 3.55. The summed E-state index contributed by atoms with van der Waals surface area (Å²) >= 11 is 1.23.